The molecule has 0 spiro atoms. The highest BCUT2D eigenvalue weighted by Gasteiger charge is 2.43. The van der Waals surface area contributed by atoms with E-state index >= 15 is 0 Å². The quantitative estimate of drug-likeness (QED) is 0.381. The number of nitrogens with one attached hydrogen (secondary N) is 1. The van der Waals surface area contributed by atoms with Gasteiger partial charge in [-0.1, -0.05) is 47.1 Å². The van der Waals surface area contributed by atoms with Crippen LogP contribution in [0, 0.1) is 11.3 Å². The van der Waals surface area contributed by atoms with Crippen LogP contribution in [0.4, 0.5) is 0 Å². The average molecular weight is 458 g/mol. The van der Waals surface area contributed by atoms with Crippen LogP contribution < -0.4 is 5.73 Å². The minimum Gasteiger partial charge on any atom is -0.468 e. The Bertz CT molecular complexity index is 901. The molecule has 1 aliphatic rings. The number of rotatable bonds is 6. The SMILES string of the molecule is CCOC(=O)C1=C(CSC(=N)N)N=C(C)C(C(=O)OC)C1c1cccc(Cl)c1Cl. The molecular formula is C19H21Cl2N3O4S. The molecule has 0 fully saturated rings. The van der Waals surface area contributed by atoms with Crippen molar-refractivity contribution in [3.63, 3.8) is 0 Å². The summed E-state index contributed by atoms with van der Waals surface area (Å²) in [5.74, 6) is -2.73. The van der Waals surface area contributed by atoms with Crippen LogP contribution in [-0.2, 0) is 19.1 Å². The third kappa shape index (κ3) is 5.12. The van der Waals surface area contributed by atoms with Gasteiger partial charge in [-0.15, -0.1) is 0 Å². The van der Waals surface area contributed by atoms with Crippen molar-refractivity contribution in [1.82, 2.24) is 0 Å². The molecule has 29 heavy (non-hydrogen) atoms. The maximum Gasteiger partial charge on any atom is 0.336 e. The molecule has 2 unspecified atom stereocenters. The molecule has 0 bridgehead atoms. The number of aliphatic imine (C=N–C) groups is 1. The number of nitrogens with zero attached hydrogens (tertiary/aromatic N) is 1. The molecule has 0 amide bonds. The van der Waals surface area contributed by atoms with E-state index in [1.54, 1.807) is 32.0 Å². The molecule has 2 rings (SSSR count). The normalized spacial score (nSPS) is 18.9. The fourth-order valence-corrected chi connectivity index (χ4v) is 4.11. The van der Waals surface area contributed by atoms with Crippen LogP contribution in [0.2, 0.25) is 10.0 Å². The van der Waals surface area contributed by atoms with E-state index < -0.39 is 23.8 Å². The summed E-state index contributed by atoms with van der Waals surface area (Å²) in [7, 11) is 1.27. The molecule has 3 N–H and O–H groups in total. The molecule has 156 valence electrons. The van der Waals surface area contributed by atoms with Gasteiger partial charge in [0.25, 0.3) is 0 Å². The minimum atomic E-state index is -0.888. The first-order valence-electron chi connectivity index (χ1n) is 8.66. The van der Waals surface area contributed by atoms with Gasteiger partial charge in [-0.3, -0.25) is 15.2 Å². The third-order valence-electron chi connectivity index (χ3n) is 4.35. The Morgan fingerprint density at radius 3 is 2.62 bits per heavy atom. The molecule has 2 atom stereocenters. The summed E-state index contributed by atoms with van der Waals surface area (Å²) in [6.07, 6.45) is 0. The monoisotopic (exact) mass is 457 g/mol. The third-order valence-corrected chi connectivity index (χ3v) is 5.91. The van der Waals surface area contributed by atoms with Gasteiger partial charge in [0.1, 0.15) is 5.92 Å². The van der Waals surface area contributed by atoms with Crippen molar-refractivity contribution in [2.24, 2.45) is 16.6 Å². The summed E-state index contributed by atoms with van der Waals surface area (Å²) in [5, 5.41) is 7.86. The highest BCUT2D eigenvalue weighted by atomic mass is 35.5. The first-order chi connectivity index (χ1) is 13.7. The Morgan fingerprint density at radius 2 is 2.03 bits per heavy atom. The van der Waals surface area contributed by atoms with Crippen molar-refractivity contribution in [3.8, 4) is 0 Å². The molecule has 0 aliphatic carbocycles. The van der Waals surface area contributed by atoms with E-state index in [-0.39, 0.29) is 33.1 Å². The van der Waals surface area contributed by atoms with Crippen molar-refractivity contribution in [2.45, 2.75) is 19.8 Å². The van der Waals surface area contributed by atoms with Crippen molar-refractivity contribution in [2.75, 3.05) is 19.5 Å². The Balaban J connectivity index is 2.77. The summed E-state index contributed by atoms with van der Waals surface area (Å²) in [4.78, 5) is 30.0. The maximum absolute atomic E-state index is 12.9. The van der Waals surface area contributed by atoms with Crippen molar-refractivity contribution in [3.05, 3.63) is 45.1 Å². The molecule has 1 heterocycles. The van der Waals surface area contributed by atoms with E-state index in [9.17, 15) is 9.59 Å². The van der Waals surface area contributed by atoms with Gasteiger partial charge in [0.15, 0.2) is 5.17 Å². The second-order valence-electron chi connectivity index (χ2n) is 6.11. The Hall–Kier alpha value is -2.03. The number of methoxy groups -OCH3 is 1. The molecule has 0 radical (unpaired) electrons. The molecule has 0 saturated heterocycles. The van der Waals surface area contributed by atoms with E-state index in [2.05, 4.69) is 4.99 Å². The Morgan fingerprint density at radius 1 is 1.34 bits per heavy atom. The minimum absolute atomic E-state index is 0.124. The van der Waals surface area contributed by atoms with Crippen LogP contribution in [-0.4, -0.2) is 42.3 Å². The number of hydrogen-bond donors (Lipinski definition) is 2. The van der Waals surface area contributed by atoms with Crippen LogP contribution in [0.1, 0.15) is 25.3 Å². The molecule has 1 aromatic carbocycles. The Kier molecular flexibility index (Phi) is 8.13. The molecule has 1 aliphatic heterocycles. The number of carbonyl (C=O) groups excluding carboxylic acids is 2. The van der Waals surface area contributed by atoms with E-state index in [0.717, 1.165) is 11.8 Å². The lowest BCUT2D eigenvalue weighted by Crippen LogP contribution is -2.37. The van der Waals surface area contributed by atoms with E-state index in [4.69, 9.17) is 43.8 Å². The van der Waals surface area contributed by atoms with Gasteiger partial charge in [-0.25, -0.2) is 4.79 Å². The zero-order chi connectivity index (χ0) is 21.7. The number of hydrogen-bond acceptors (Lipinski definition) is 7. The number of nitrogens with two attached hydrogens (primary N) is 1. The topological polar surface area (TPSA) is 115 Å². The van der Waals surface area contributed by atoms with Crippen LogP contribution in [0.25, 0.3) is 0 Å². The van der Waals surface area contributed by atoms with Crippen LogP contribution in [0.15, 0.2) is 34.5 Å². The van der Waals surface area contributed by atoms with Crippen LogP contribution in [0.3, 0.4) is 0 Å². The standard InChI is InChI=1S/C19H21Cl2N3O4S/c1-4-28-18(26)15-12(8-29-19(22)23)24-9(2)13(17(25)27-3)14(15)10-6-5-7-11(20)16(10)21/h5-7,13-14H,4,8H2,1-3H3,(H3,22,23). The Labute approximate surface area is 183 Å². The number of ether oxygens (including phenoxy) is 2. The highest BCUT2D eigenvalue weighted by Crippen LogP contribution is 2.44. The summed E-state index contributed by atoms with van der Waals surface area (Å²) >= 11 is 13.7. The number of thioether (sulfide) groups is 1. The van der Waals surface area contributed by atoms with Crippen molar-refractivity contribution < 1.29 is 19.1 Å². The highest BCUT2D eigenvalue weighted by molar-refractivity contribution is 8.13. The van der Waals surface area contributed by atoms with E-state index in [1.165, 1.54) is 7.11 Å². The zero-order valence-corrected chi connectivity index (χ0v) is 18.5. The van der Waals surface area contributed by atoms with Gasteiger partial charge in [-0.2, -0.15) is 0 Å². The van der Waals surface area contributed by atoms with Gasteiger partial charge >= 0.3 is 11.9 Å². The first kappa shape index (κ1) is 23.3. The number of esters is 2. The maximum atomic E-state index is 12.9. The van der Waals surface area contributed by atoms with Gasteiger partial charge in [-0.05, 0) is 25.5 Å². The van der Waals surface area contributed by atoms with Gasteiger partial charge in [0.2, 0.25) is 0 Å². The van der Waals surface area contributed by atoms with Crippen LogP contribution in [0.5, 0.6) is 0 Å². The fraction of sp³-hybridized carbons (Fsp3) is 0.368. The number of amidine groups is 1. The molecule has 0 aromatic heterocycles. The summed E-state index contributed by atoms with van der Waals surface area (Å²) in [6.45, 7) is 3.49. The summed E-state index contributed by atoms with van der Waals surface area (Å²) < 4.78 is 10.2. The number of halogens is 2. The van der Waals surface area contributed by atoms with Crippen LogP contribution >= 0.6 is 35.0 Å². The van der Waals surface area contributed by atoms with Crippen molar-refractivity contribution >= 4 is 57.8 Å². The van der Waals surface area contributed by atoms with Crippen molar-refractivity contribution in [1.29, 1.82) is 5.41 Å². The second-order valence-corrected chi connectivity index (χ2v) is 7.91. The van der Waals surface area contributed by atoms with Gasteiger partial charge in [0, 0.05) is 17.4 Å². The zero-order valence-electron chi connectivity index (χ0n) is 16.1. The molecule has 10 heteroatoms. The molecule has 7 nitrogen and oxygen atoms in total. The van der Waals surface area contributed by atoms with E-state index in [0.29, 0.717) is 17.0 Å². The predicted molar refractivity (Wildman–Crippen MR) is 116 cm³/mol. The smallest absolute Gasteiger partial charge is 0.336 e. The largest absolute Gasteiger partial charge is 0.468 e. The summed E-state index contributed by atoms with van der Waals surface area (Å²) in [6, 6.07) is 5.00. The lowest BCUT2D eigenvalue weighted by atomic mass is 9.75. The summed E-state index contributed by atoms with van der Waals surface area (Å²) in [5.41, 5.74) is 6.93. The lowest BCUT2D eigenvalue weighted by molar-refractivity contribution is -0.144. The average Bonchev–Trinajstić information content (AvgIpc) is 2.67. The molecule has 0 saturated carbocycles. The van der Waals surface area contributed by atoms with Gasteiger partial charge < -0.3 is 15.2 Å². The molecule has 1 aromatic rings. The van der Waals surface area contributed by atoms with Gasteiger partial charge in [0.05, 0.1) is 35.0 Å². The van der Waals surface area contributed by atoms with E-state index in [1.807, 2.05) is 0 Å². The number of carbonyl (C=O) groups is 2. The fourth-order valence-electron chi connectivity index (χ4n) is 3.17. The second kappa shape index (κ2) is 10.1. The number of benzene rings is 1. The molecular weight excluding hydrogens is 437 g/mol. The lowest BCUT2D eigenvalue weighted by Gasteiger charge is -2.32. The first-order valence-corrected chi connectivity index (χ1v) is 10.4. The predicted octanol–water partition coefficient (Wildman–Crippen LogP) is 3.78.